The summed E-state index contributed by atoms with van der Waals surface area (Å²) in [6.45, 7) is 4.28. The number of ether oxygens (including phenoxy) is 3. The molecule has 9 nitrogen and oxygen atoms in total. The number of rotatable bonds is 9. The van der Waals surface area contributed by atoms with Gasteiger partial charge in [-0.2, -0.15) is 0 Å². The maximum absolute atomic E-state index is 12.8. The Labute approximate surface area is 263 Å². The van der Waals surface area contributed by atoms with Crippen molar-refractivity contribution in [2.24, 2.45) is 0 Å². The summed E-state index contributed by atoms with van der Waals surface area (Å²) in [4.78, 5) is 33.9. The van der Waals surface area contributed by atoms with Crippen LogP contribution in [0.2, 0.25) is 0 Å². The Bertz CT molecular complexity index is 1530. The van der Waals surface area contributed by atoms with E-state index in [0.717, 1.165) is 25.4 Å². The van der Waals surface area contributed by atoms with E-state index in [1.54, 1.807) is 41.4 Å². The average molecular weight is 607 g/mol. The zero-order valence-electron chi connectivity index (χ0n) is 25.3. The van der Waals surface area contributed by atoms with Crippen LogP contribution in [-0.4, -0.2) is 59.1 Å². The molecule has 4 aromatic rings. The van der Waals surface area contributed by atoms with Crippen LogP contribution < -0.4 is 19.5 Å². The van der Waals surface area contributed by atoms with Crippen molar-refractivity contribution in [3.63, 3.8) is 0 Å². The number of hydrogen-bond acceptors (Lipinski definition) is 7. The van der Waals surface area contributed by atoms with Crippen LogP contribution in [0.15, 0.2) is 97.2 Å². The summed E-state index contributed by atoms with van der Waals surface area (Å²) < 4.78 is 17.5. The van der Waals surface area contributed by atoms with Crippen LogP contribution in [0, 0.1) is 0 Å². The molecule has 3 aromatic carbocycles. The highest BCUT2D eigenvalue weighted by Gasteiger charge is 2.25. The van der Waals surface area contributed by atoms with Crippen molar-refractivity contribution in [3.05, 3.63) is 108 Å². The Morgan fingerprint density at radius 3 is 2.13 bits per heavy atom. The third-order valence-corrected chi connectivity index (χ3v) is 8.08. The number of pyridine rings is 1. The number of anilines is 1. The predicted molar refractivity (Wildman–Crippen MR) is 172 cm³/mol. The molecule has 0 saturated carbocycles. The molecule has 2 fully saturated rings. The number of piperidine rings is 2. The van der Waals surface area contributed by atoms with Crippen LogP contribution in [0.1, 0.15) is 48.0 Å². The molecule has 9 heteroatoms. The lowest BCUT2D eigenvalue weighted by Gasteiger charge is -2.31. The van der Waals surface area contributed by atoms with Gasteiger partial charge in [-0.05, 0) is 98.2 Å². The first kappa shape index (κ1) is 30.1. The first-order valence-corrected chi connectivity index (χ1v) is 15.6. The minimum atomic E-state index is -0.397. The van der Waals surface area contributed by atoms with Crippen molar-refractivity contribution in [3.8, 4) is 23.1 Å². The summed E-state index contributed by atoms with van der Waals surface area (Å²) in [5.41, 5.74) is 2.45. The first-order chi connectivity index (χ1) is 22.1. The number of carbonyl (C=O) groups is 2. The van der Waals surface area contributed by atoms with Crippen LogP contribution in [-0.2, 0) is 6.54 Å². The van der Waals surface area contributed by atoms with Gasteiger partial charge in [0.25, 0.3) is 5.91 Å². The highest BCUT2D eigenvalue weighted by molar-refractivity contribution is 6.04. The summed E-state index contributed by atoms with van der Waals surface area (Å²) in [6.07, 6.45) is 6.53. The van der Waals surface area contributed by atoms with Gasteiger partial charge in [-0.3, -0.25) is 9.69 Å². The molecule has 0 spiro atoms. The number of aromatic nitrogens is 1. The quantitative estimate of drug-likeness (QED) is 0.216. The highest BCUT2D eigenvalue weighted by Crippen LogP contribution is 2.25. The summed E-state index contributed by atoms with van der Waals surface area (Å²) in [7, 11) is 0. The van der Waals surface area contributed by atoms with Crippen LogP contribution in [0.25, 0.3) is 0 Å². The fraction of sp³-hybridized carbons (Fsp3) is 0.306. The molecule has 0 aliphatic carbocycles. The Kier molecular flexibility index (Phi) is 9.87. The van der Waals surface area contributed by atoms with Gasteiger partial charge in [0.2, 0.25) is 5.88 Å². The van der Waals surface area contributed by atoms with Gasteiger partial charge in [0, 0.05) is 56.0 Å². The van der Waals surface area contributed by atoms with Crippen LogP contribution in [0.3, 0.4) is 0 Å². The molecule has 232 valence electrons. The van der Waals surface area contributed by atoms with E-state index in [1.165, 1.54) is 24.8 Å². The third-order valence-electron chi connectivity index (χ3n) is 8.08. The number of nitrogens with zero attached hydrogens (tertiary/aromatic N) is 3. The van der Waals surface area contributed by atoms with Gasteiger partial charge in [-0.25, -0.2) is 9.78 Å². The molecule has 6 rings (SSSR count). The van der Waals surface area contributed by atoms with E-state index in [0.29, 0.717) is 54.6 Å². The molecule has 45 heavy (non-hydrogen) atoms. The van der Waals surface area contributed by atoms with Gasteiger partial charge in [-0.1, -0.05) is 24.6 Å². The van der Waals surface area contributed by atoms with E-state index >= 15 is 0 Å². The SMILES string of the molecule is O=C(Nc1ccc(OC(=O)N2CCC(Oc3ccc(Oc4ccccn4)cc3)CC2)cc1)c1ccc(CN2CCCCC2)cc1. The summed E-state index contributed by atoms with van der Waals surface area (Å²) in [5.74, 6) is 2.21. The minimum Gasteiger partial charge on any atom is -0.490 e. The van der Waals surface area contributed by atoms with Crippen LogP contribution in [0.5, 0.6) is 23.1 Å². The monoisotopic (exact) mass is 606 g/mol. The smallest absolute Gasteiger partial charge is 0.415 e. The first-order valence-electron chi connectivity index (χ1n) is 15.6. The Morgan fingerprint density at radius 1 is 0.756 bits per heavy atom. The lowest BCUT2D eigenvalue weighted by Crippen LogP contribution is -2.43. The molecule has 3 heterocycles. The normalized spacial score (nSPS) is 15.7. The zero-order valence-corrected chi connectivity index (χ0v) is 25.3. The fourth-order valence-corrected chi connectivity index (χ4v) is 5.58. The Morgan fingerprint density at radius 2 is 1.44 bits per heavy atom. The van der Waals surface area contributed by atoms with E-state index in [-0.39, 0.29) is 12.0 Å². The van der Waals surface area contributed by atoms with E-state index in [4.69, 9.17) is 14.2 Å². The topological polar surface area (TPSA) is 93.2 Å². The van der Waals surface area contributed by atoms with Crippen molar-refractivity contribution in [2.45, 2.75) is 44.8 Å². The van der Waals surface area contributed by atoms with Crippen LogP contribution >= 0.6 is 0 Å². The van der Waals surface area contributed by atoms with E-state index < -0.39 is 6.09 Å². The molecule has 2 aliphatic rings. The van der Waals surface area contributed by atoms with Crippen molar-refractivity contribution in [2.75, 3.05) is 31.5 Å². The predicted octanol–water partition coefficient (Wildman–Crippen LogP) is 7.15. The molecule has 2 saturated heterocycles. The highest BCUT2D eigenvalue weighted by atomic mass is 16.6. The second kappa shape index (κ2) is 14.7. The second-order valence-electron chi connectivity index (χ2n) is 11.4. The standard InChI is InChI=1S/C36H38N4O5/c41-35(28-9-7-27(8-10-28)26-39-22-4-1-5-23-39)38-29-11-13-32(14-12-29)45-36(42)40-24-19-33(20-25-40)43-30-15-17-31(18-16-30)44-34-6-2-3-21-37-34/h2-3,6-18,21,33H,1,4-5,19-20,22-26H2,(H,38,41). The van der Waals surface area contributed by atoms with Crippen molar-refractivity contribution in [1.29, 1.82) is 0 Å². The minimum absolute atomic E-state index is 0.00498. The molecule has 1 aromatic heterocycles. The molecule has 2 aliphatic heterocycles. The lowest BCUT2D eigenvalue weighted by molar-refractivity contribution is 0.0929. The summed E-state index contributed by atoms with van der Waals surface area (Å²) >= 11 is 0. The van der Waals surface area contributed by atoms with E-state index in [1.807, 2.05) is 60.7 Å². The van der Waals surface area contributed by atoms with Crippen molar-refractivity contribution in [1.82, 2.24) is 14.8 Å². The molecular weight excluding hydrogens is 568 g/mol. The summed E-state index contributed by atoms with van der Waals surface area (Å²) in [5, 5.41) is 2.92. The number of nitrogens with one attached hydrogen (secondary N) is 1. The number of likely N-dealkylation sites (tertiary alicyclic amines) is 2. The van der Waals surface area contributed by atoms with E-state index in [2.05, 4.69) is 15.2 Å². The maximum Gasteiger partial charge on any atom is 0.415 e. The average Bonchev–Trinajstić information content (AvgIpc) is 3.08. The van der Waals surface area contributed by atoms with Gasteiger partial charge in [0.1, 0.15) is 23.4 Å². The van der Waals surface area contributed by atoms with Gasteiger partial charge >= 0.3 is 6.09 Å². The summed E-state index contributed by atoms with van der Waals surface area (Å²) in [6, 6.07) is 27.6. The molecule has 0 atom stereocenters. The van der Waals surface area contributed by atoms with Gasteiger partial charge in [0.15, 0.2) is 0 Å². The number of amides is 2. The third kappa shape index (κ3) is 8.61. The lowest BCUT2D eigenvalue weighted by atomic mass is 10.1. The molecule has 1 N–H and O–H groups in total. The molecular formula is C36H38N4O5. The Balaban J connectivity index is 0.919. The number of carbonyl (C=O) groups excluding carboxylic acids is 2. The maximum atomic E-state index is 12.8. The Hall–Kier alpha value is -4.89. The molecule has 0 bridgehead atoms. The second-order valence-corrected chi connectivity index (χ2v) is 11.4. The number of hydrogen-bond donors (Lipinski definition) is 1. The fourth-order valence-electron chi connectivity index (χ4n) is 5.58. The van der Waals surface area contributed by atoms with Gasteiger partial charge < -0.3 is 24.4 Å². The molecule has 2 amide bonds. The molecule has 0 unspecified atom stereocenters. The van der Waals surface area contributed by atoms with Crippen molar-refractivity contribution >= 4 is 17.7 Å². The van der Waals surface area contributed by atoms with Crippen LogP contribution in [0.4, 0.5) is 10.5 Å². The van der Waals surface area contributed by atoms with Gasteiger partial charge in [0.05, 0.1) is 0 Å². The van der Waals surface area contributed by atoms with Gasteiger partial charge in [-0.15, -0.1) is 0 Å². The molecule has 0 radical (unpaired) electrons. The van der Waals surface area contributed by atoms with Crippen molar-refractivity contribution < 1.29 is 23.8 Å². The largest absolute Gasteiger partial charge is 0.490 e. The van der Waals surface area contributed by atoms with E-state index in [9.17, 15) is 9.59 Å². The zero-order chi connectivity index (χ0) is 30.8. The number of benzene rings is 3.